The Hall–Kier alpha value is -3.41. The number of piperidine rings is 1. The van der Waals surface area contributed by atoms with Crippen LogP contribution < -0.4 is 5.73 Å². The van der Waals surface area contributed by atoms with Gasteiger partial charge in [-0.1, -0.05) is 54.1 Å². The molecule has 1 atom stereocenters. The summed E-state index contributed by atoms with van der Waals surface area (Å²) in [5, 5.41) is 7.14. The van der Waals surface area contributed by atoms with Gasteiger partial charge in [0.05, 0.1) is 17.5 Å². The molecule has 0 spiro atoms. The minimum absolute atomic E-state index is 0.0152. The molecule has 0 radical (unpaired) electrons. The first kappa shape index (κ1) is 22.8. The minimum Gasteiger partial charge on any atom is -0.369 e. The lowest BCUT2D eigenvalue weighted by atomic mass is 9.74. The van der Waals surface area contributed by atoms with Gasteiger partial charge in [-0.3, -0.25) is 14.7 Å². The topological polar surface area (TPSA) is 92.1 Å². The molecular weight excluding hydrogens is 412 g/mol. The molecule has 1 fully saturated rings. The van der Waals surface area contributed by atoms with Crippen molar-refractivity contribution in [2.24, 2.45) is 11.1 Å². The first-order chi connectivity index (χ1) is 15.8. The van der Waals surface area contributed by atoms with Gasteiger partial charge in [-0.05, 0) is 56.7 Å². The normalized spacial score (nSPS) is 18.3. The Labute approximate surface area is 195 Å². The highest BCUT2D eigenvalue weighted by atomic mass is 16.2. The molecule has 2 amide bonds. The molecule has 2 heterocycles. The van der Waals surface area contributed by atoms with Gasteiger partial charge in [0.1, 0.15) is 0 Å². The van der Waals surface area contributed by atoms with Crippen LogP contribution in [0.15, 0.2) is 48.5 Å². The van der Waals surface area contributed by atoms with Gasteiger partial charge in [0.25, 0.3) is 0 Å². The van der Waals surface area contributed by atoms with E-state index in [0.29, 0.717) is 25.9 Å². The Kier molecular flexibility index (Phi) is 6.36. The largest absolute Gasteiger partial charge is 0.369 e. The van der Waals surface area contributed by atoms with E-state index in [1.807, 2.05) is 30.9 Å². The zero-order chi connectivity index (χ0) is 23.6. The van der Waals surface area contributed by atoms with Crippen LogP contribution in [0.1, 0.15) is 40.9 Å². The molecule has 1 aromatic heterocycles. The summed E-state index contributed by atoms with van der Waals surface area (Å²) >= 11 is 0. The van der Waals surface area contributed by atoms with Crippen LogP contribution in [-0.2, 0) is 22.4 Å². The SMILES string of the molecule is Cc1cccc(-c2cccc(CC3(C(N)=O)CCCN(C(=O)Cc4c(C)n[nH]c4C)C3)c2)c1. The molecule has 6 nitrogen and oxygen atoms in total. The highest BCUT2D eigenvalue weighted by Gasteiger charge is 2.42. The second kappa shape index (κ2) is 9.22. The summed E-state index contributed by atoms with van der Waals surface area (Å²) in [5.74, 6) is -0.321. The van der Waals surface area contributed by atoms with Crippen LogP contribution in [0.5, 0.6) is 0 Å². The van der Waals surface area contributed by atoms with E-state index in [-0.39, 0.29) is 18.2 Å². The lowest BCUT2D eigenvalue weighted by molar-refractivity contribution is -0.139. The third-order valence-corrected chi connectivity index (χ3v) is 6.88. The van der Waals surface area contributed by atoms with Crippen LogP contribution >= 0.6 is 0 Å². The van der Waals surface area contributed by atoms with Gasteiger partial charge in [-0.25, -0.2) is 0 Å². The number of carbonyl (C=O) groups is 2. The number of nitrogens with zero attached hydrogens (tertiary/aromatic N) is 2. The number of nitrogens with two attached hydrogens (primary N) is 1. The molecule has 3 aromatic rings. The molecule has 1 aliphatic rings. The van der Waals surface area contributed by atoms with Gasteiger partial charge in [0, 0.05) is 24.3 Å². The molecule has 33 heavy (non-hydrogen) atoms. The Morgan fingerprint density at radius 3 is 2.48 bits per heavy atom. The summed E-state index contributed by atoms with van der Waals surface area (Å²) in [7, 11) is 0. The number of primary amides is 1. The van der Waals surface area contributed by atoms with Crippen LogP contribution in [0.2, 0.25) is 0 Å². The lowest BCUT2D eigenvalue weighted by Crippen LogP contribution is -2.53. The molecule has 1 unspecified atom stereocenters. The number of likely N-dealkylation sites (tertiary alicyclic amines) is 1. The Morgan fingerprint density at radius 1 is 1.09 bits per heavy atom. The number of aryl methyl sites for hydroxylation is 3. The van der Waals surface area contributed by atoms with E-state index in [9.17, 15) is 9.59 Å². The average molecular weight is 445 g/mol. The van der Waals surface area contributed by atoms with Crippen molar-refractivity contribution >= 4 is 11.8 Å². The van der Waals surface area contributed by atoms with Crippen LogP contribution in [0.4, 0.5) is 0 Å². The predicted octanol–water partition coefficient (Wildman–Crippen LogP) is 3.88. The van der Waals surface area contributed by atoms with Gasteiger partial charge in [-0.15, -0.1) is 0 Å². The molecule has 6 heteroatoms. The Bertz CT molecular complexity index is 1160. The van der Waals surface area contributed by atoms with Crippen molar-refractivity contribution in [3.05, 3.63) is 76.6 Å². The van der Waals surface area contributed by atoms with E-state index in [1.165, 1.54) is 5.56 Å². The van der Waals surface area contributed by atoms with Crippen molar-refractivity contribution < 1.29 is 9.59 Å². The third kappa shape index (κ3) is 4.85. The fourth-order valence-electron chi connectivity index (χ4n) is 4.95. The number of benzene rings is 2. The number of H-pyrrole nitrogens is 1. The molecule has 0 aliphatic carbocycles. The summed E-state index contributed by atoms with van der Waals surface area (Å²) in [6, 6.07) is 16.7. The van der Waals surface area contributed by atoms with Gasteiger partial charge in [0.15, 0.2) is 0 Å². The smallest absolute Gasteiger partial charge is 0.227 e. The number of rotatable bonds is 6. The number of amides is 2. The van der Waals surface area contributed by atoms with E-state index >= 15 is 0 Å². The summed E-state index contributed by atoms with van der Waals surface area (Å²) in [6.07, 6.45) is 2.25. The Balaban J connectivity index is 1.55. The van der Waals surface area contributed by atoms with Gasteiger partial charge in [0.2, 0.25) is 11.8 Å². The molecule has 2 aromatic carbocycles. The predicted molar refractivity (Wildman–Crippen MR) is 130 cm³/mol. The van der Waals surface area contributed by atoms with E-state index in [2.05, 4.69) is 53.5 Å². The summed E-state index contributed by atoms with van der Waals surface area (Å²) in [5.41, 5.74) is 12.4. The molecule has 0 bridgehead atoms. The number of hydrogen-bond acceptors (Lipinski definition) is 3. The van der Waals surface area contributed by atoms with Crippen LogP contribution in [0.3, 0.4) is 0 Å². The second-order valence-corrected chi connectivity index (χ2v) is 9.40. The quantitative estimate of drug-likeness (QED) is 0.604. The van der Waals surface area contributed by atoms with Crippen molar-refractivity contribution in [3.8, 4) is 11.1 Å². The van der Waals surface area contributed by atoms with Crippen LogP contribution in [-0.4, -0.2) is 40.0 Å². The second-order valence-electron chi connectivity index (χ2n) is 9.40. The molecule has 4 rings (SSSR count). The van der Waals surface area contributed by atoms with Gasteiger partial charge < -0.3 is 10.6 Å². The molecular formula is C27H32N4O2. The zero-order valence-corrected chi connectivity index (χ0v) is 19.6. The first-order valence-electron chi connectivity index (χ1n) is 11.5. The van der Waals surface area contributed by atoms with Crippen LogP contribution in [0, 0.1) is 26.2 Å². The highest BCUT2D eigenvalue weighted by molar-refractivity contribution is 5.84. The first-order valence-corrected chi connectivity index (χ1v) is 11.5. The Morgan fingerprint density at radius 2 is 1.82 bits per heavy atom. The lowest BCUT2D eigenvalue weighted by Gasteiger charge is -2.41. The van der Waals surface area contributed by atoms with E-state index < -0.39 is 5.41 Å². The van der Waals surface area contributed by atoms with Crippen molar-refractivity contribution in [1.29, 1.82) is 0 Å². The number of carbonyl (C=O) groups excluding carboxylic acids is 2. The maximum absolute atomic E-state index is 13.1. The standard InChI is InChI=1S/C27H32N4O2/c1-18-7-4-9-22(13-18)23-10-5-8-21(14-23)16-27(26(28)33)11-6-12-31(17-27)25(32)15-24-19(2)29-30-20(24)3/h4-5,7-10,13-14H,6,11-12,15-17H2,1-3H3,(H2,28,33)(H,29,30). The fraction of sp³-hybridized carbons (Fsp3) is 0.370. The maximum Gasteiger partial charge on any atom is 0.227 e. The summed E-state index contributed by atoms with van der Waals surface area (Å²) < 4.78 is 0. The number of hydrogen-bond donors (Lipinski definition) is 2. The maximum atomic E-state index is 13.1. The van der Waals surface area contributed by atoms with Crippen LogP contribution in [0.25, 0.3) is 11.1 Å². The molecule has 1 saturated heterocycles. The minimum atomic E-state index is -0.764. The molecule has 172 valence electrons. The monoisotopic (exact) mass is 444 g/mol. The zero-order valence-electron chi connectivity index (χ0n) is 19.6. The molecule has 0 saturated carbocycles. The summed E-state index contributed by atoms with van der Waals surface area (Å²) in [4.78, 5) is 27.7. The van der Waals surface area contributed by atoms with E-state index in [0.717, 1.165) is 40.1 Å². The number of nitrogens with one attached hydrogen (secondary N) is 1. The van der Waals surface area contributed by atoms with E-state index in [1.54, 1.807) is 0 Å². The van der Waals surface area contributed by atoms with Gasteiger partial charge >= 0.3 is 0 Å². The molecule has 3 N–H and O–H groups in total. The van der Waals surface area contributed by atoms with Gasteiger partial charge in [-0.2, -0.15) is 5.10 Å². The third-order valence-electron chi connectivity index (χ3n) is 6.88. The molecule has 1 aliphatic heterocycles. The van der Waals surface area contributed by atoms with Crippen molar-refractivity contribution in [1.82, 2.24) is 15.1 Å². The number of aromatic nitrogens is 2. The number of aromatic amines is 1. The average Bonchev–Trinajstić information content (AvgIpc) is 3.11. The van der Waals surface area contributed by atoms with Crippen molar-refractivity contribution in [2.45, 2.75) is 46.5 Å². The fourth-order valence-corrected chi connectivity index (χ4v) is 4.95. The summed E-state index contributed by atoms with van der Waals surface area (Å²) in [6.45, 7) is 6.90. The van der Waals surface area contributed by atoms with E-state index in [4.69, 9.17) is 5.73 Å². The van der Waals surface area contributed by atoms with Crippen molar-refractivity contribution in [2.75, 3.05) is 13.1 Å². The highest BCUT2D eigenvalue weighted by Crippen LogP contribution is 2.35. The van der Waals surface area contributed by atoms with Crippen molar-refractivity contribution in [3.63, 3.8) is 0 Å².